The van der Waals surface area contributed by atoms with Crippen molar-refractivity contribution in [2.24, 2.45) is 7.05 Å². The van der Waals surface area contributed by atoms with Gasteiger partial charge in [-0.2, -0.15) is 5.10 Å². The highest BCUT2D eigenvalue weighted by Gasteiger charge is 2.30. The molecule has 1 fully saturated rings. The lowest BCUT2D eigenvalue weighted by Gasteiger charge is -2.30. The van der Waals surface area contributed by atoms with E-state index in [1.807, 2.05) is 19.3 Å². The van der Waals surface area contributed by atoms with E-state index in [4.69, 9.17) is 4.74 Å². The predicted molar refractivity (Wildman–Crippen MR) is 60.0 cm³/mol. The second-order valence-corrected chi connectivity index (χ2v) is 4.58. The van der Waals surface area contributed by atoms with Crippen molar-refractivity contribution in [2.75, 3.05) is 19.8 Å². The Morgan fingerprint density at radius 1 is 1.75 bits per heavy atom. The summed E-state index contributed by atoms with van der Waals surface area (Å²) in [4.78, 5) is 0. The van der Waals surface area contributed by atoms with Crippen molar-refractivity contribution in [3.05, 3.63) is 18.0 Å². The van der Waals surface area contributed by atoms with E-state index >= 15 is 0 Å². The largest absolute Gasteiger partial charge is 0.384 e. The fourth-order valence-corrected chi connectivity index (χ4v) is 2.04. The molecule has 1 saturated heterocycles. The van der Waals surface area contributed by atoms with Gasteiger partial charge in [0.25, 0.3) is 0 Å². The Labute approximate surface area is 95.4 Å². The second kappa shape index (κ2) is 4.53. The molecule has 5 nitrogen and oxygen atoms in total. The molecule has 2 rings (SSSR count). The highest BCUT2D eigenvalue weighted by atomic mass is 16.5. The zero-order valence-corrected chi connectivity index (χ0v) is 9.81. The van der Waals surface area contributed by atoms with Gasteiger partial charge in [-0.05, 0) is 19.4 Å². The van der Waals surface area contributed by atoms with Gasteiger partial charge < -0.3 is 15.2 Å². The van der Waals surface area contributed by atoms with E-state index in [-0.39, 0.29) is 6.04 Å². The van der Waals surface area contributed by atoms with Crippen LogP contribution in [0.5, 0.6) is 0 Å². The molecule has 0 aliphatic carbocycles. The van der Waals surface area contributed by atoms with E-state index in [2.05, 4.69) is 10.4 Å². The number of aliphatic hydroxyl groups is 1. The number of ether oxygens (including phenoxy) is 1. The Morgan fingerprint density at radius 3 is 3.12 bits per heavy atom. The van der Waals surface area contributed by atoms with Crippen LogP contribution in [0.4, 0.5) is 0 Å². The van der Waals surface area contributed by atoms with E-state index < -0.39 is 5.60 Å². The fourth-order valence-electron chi connectivity index (χ4n) is 2.04. The van der Waals surface area contributed by atoms with Gasteiger partial charge in [-0.1, -0.05) is 0 Å². The van der Waals surface area contributed by atoms with Crippen molar-refractivity contribution < 1.29 is 9.84 Å². The monoisotopic (exact) mass is 225 g/mol. The van der Waals surface area contributed by atoms with Gasteiger partial charge in [0, 0.05) is 25.8 Å². The highest BCUT2D eigenvalue weighted by molar-refractivity contribution is 5.09. The molecule has 0 spiro atoms. The molecule has 1 aliphatic heterocycles. The lowest BCUT2D eigenvalue weighted by Crippen LogP contribution is -2.45. The van der Waals surface area contributed by atoms with Crippen molar-refractivity contribution in [3.8, 4) is 0 Å². The summed E-state index contributed by atoms with van der Waals surface area (Å²) < 4.78 is 7.07. The summed E-state index contributed by atoms with van der Waals surface area (Å²) in [6.45, 7) is 4.06. The molecule has 16 heavy (non-hydrogen) atoms. The summed E-state index contributed by atoms with van der Waals surface area (Å²) in [6, 6.07) is 2.05. The van der Waals surface area contributed by atoms with E-state index in [0.717, 1.165) is 13.2 Å². The summed E-state index contributed by atoms with van der Waals surface area (Å²) in [5.74, 6) is 0. The van der Waals surface area contributed by atoms with E-state index in [1.165, 1.54) is 0 Å². The van der Waals surface area contributed by atoms with Crippen molar-refractivity contribution in [3.63, 3.8) is 0 Å². The predicted octanol–water partition coefficient (Wildman–Crippen LogP) is 0.00610. The minimum Gasteiger partial charge on any atom is -0.384 e. The average Bonchev–Trinajstić information content (AvgIpc) is 2.66. The van der Waals surface area contributed by atoms with E-state index in [1.54, 1.807) is 11.6 Å². The van der Waals surface area contributed by atoms with Crippen LogP contribution in [-0.4, -0.2) is 40.7 Å². The fraction of sp³-hybridized carbons (Fsp3) is 0.727. The van der Waals surface area contributed by atoms with E-state index in [0.29, 0.717) is 18.7 Å². The van der Waals surface area contributed by atoms with Crippen LogP contribution in [0, 0.1) is 0 Å². The number of aryl methyl sites for hydroxylation is 1. The first kappa shape index (κ1) is 11.6. The first-order valence-electron chi connectivity index (χ1n) is 5.61. The molecule has 5 heteroatoms. The molecule has 0 saturated carbocycles. The molecule has 1 aliphatic rings. The van der Waals surface area contributed by atoms with Gasteiger partial charge in [-0.15, -0.1) is 0 Å². The maximum Gasteiger partial charge on any atom is 0.107 e. The van der Waals surface area contributed by atoms with Crippen LogP contribution in [0.15, 0.2) is 12.3 Å². The molecule has 2 heterocycles. The molecule has 2 unspecified atom stereocenters. The molecule has 2 atom stereocenters. The van der Waals surface area contributed by atoms with Crippen LogP contribution in [0.2, 0.25) is 0 Å². The number of nitrogens with zero attached hydrogens (tertiary/aromatic N) is 2. The Balaban J connectivity index is 2.01. The minimum absolute atomic E-state index is 0.200. The number of hydrogen-bond acceptors (Lipinski definition) is 4. The maximum absolute atomic E-state index is 10.4. The molecular weight excluding hydrogens is 206 g/mol. The number of rotatable bonds is 3. The van der Waals surface area contributed by atoms with Gasteiger partial charge >= 0.3 is 0 Å². The summed E-state index contributed by atoms with van der Waals surface area (Å²) in [6.07, 6.45) is 2.46. The Morgan fingerprint density at radius 2 is 2.56 bits per heavy atom. The molecule has 1 aromatic rings. The molecule has 90 valence electrons. The maximum atomic E-state index is 10.4. The lowest BCUT2D eigenvalue weighted by molar-refractivity contribution is 0.000207. The zero-order chi connectivity index (χ0) is 11.6. The topological polar surface area (TPSA) is 59.3 Å². The van der Waals surface area contributed by atoms with Gasteiger partial charge in [0.15, 0.2) is 0 Å². The van der Waals surface area contributed by atoms with Crippen LogP contribution in [0.25, 0.3) is 0 Å². The summed E-state index contributed by atoms with van der Waals surface area (Å²) in [5, 5.41) is 18.0. The van der Waals surface area contributed by atoms with Gasteiger partial charge in [-0.25, -0.2) is 0 Å². The summed E-state index contributed by atoms with van der Waals surface area (Å²) in [5.41, 5.74) is -0.193. The third-order valence-electron chi connectivity index (χ3n) is 2.91. The summed E-state index contributed by atoms with van der Waals surface area (Å²) in [7, 11) is 1.85. The molecule has 1 aromatic heterocycles. The first-order chi connectivity index (χ1) is 7.58. The van der Waals surface area contributed by atoms with Gasteiger partial charge in [-0.3, -0.25) is 4.68 Å². The zero-order valence-electron chi connectivity index (χ0n) is 9.81. The first-order valence-corrected chi connectivity index (χ1v) is 5.61. The quantitative estimate of drug-likeness (QED) is 0.760. The van der Waals surface area contributed by atoms with E-state index in [9.17, 15) is 5.11 Å². The molecule has 2 N–H and O–H groups in total. The third kappa shape index (κ3) is 2.61. The molecule has 0 aromatic carbocycles. The standard InChI is InChI=1S/C11H19N3O2/c1-11(15,10-3-5-14(2)13-10)7-9-8-16-6-4-12-9/h3,5,9,12,15H,4,6-8H2,1-2H3. The Kier molecular flexibility index (Phi) is 3.28. The molecule has 0 bridgehead atoms. The average molecular weight is 225 g/mol. The molecule has 0 radical (unpaired) electrons. The molecular formula is C11H19N3O2. The van der Waals surface area contributed by atoms with Crippen LogP contribution in [0.1, 0.15) is 19.0 Å². The third-order valence-corrected chi connectivity index (χ3v) is 2.91. The van der Waals surface area contributed by atoms with Crippen molar-refractivity contribution in [1.29, 1.82) is 0 Å². The minimum atomic E-state index is -0.903. The van der Waals surface area contributed by atoms with Crippen molar-refractivity contribution in [1.82, 2.24) is 15.1 Å². The van der Waals surface area contributed by atoms with Crippen LogP contribution in [-0.2, 0) is 17.4 Å². The number of hydrogen-bond donors (Lipinski definition) is 2. The van der Waals surface area contributed by atoms with Crippen molar-refractivity contribution >= 4 is 0 Å². The smallest absolute Gasteiger partial charge is 0.107 e. The van der Waals surface area contributed by atoms with Gasteiger partial charge in [0.1, 0.15) is 5.60 Å². The number of nitrogens with one attached hydrogen (secondary N) is 1. The second-order valence-electron chi connectivity index (χ2n) is 4.58. The van der Waals surface area contributed by atoms with Crippen molar-refractivity contribution in [2.45, 2.75) is 25.0 Å². The lowest BCUT2D eigenvalue weighted by atomic mass is 9.93. The normalized spacial score (nSPS) is 25.3. The number of aromatic nitrogens is 2. The van der Waals surface area contributed by atoms with Crippen LogP contribution in [0.3, 0.4) is 0 Å². The Hall–Kier alpha value is -0.910. The van der Waals surface area contributed by atoms with Gasteiger partial charge in [0.2, 0.25) is 0 Å². The SMILES string of the molecule is Cn1ccc(C(C)(O)CC2COCCN2)n1. The number of morpholine rings is 1. The van der Waals surface area contributed by atoms with Crippen LogP contribution < -0.4 is 5.32 Å². The summed E-state index contributed by atoms with van der Waals surface area (Å²) >= 11 is 0. The van der Waals surface area contributed by atoms with Gasteiger partial charge in [0.05, 0.1) is 18.9 Å². The molecule has 0 amide bonds. The van der Waals surface area contributed by atoms with Crippen LogP contribution >= 0.6 is 0 Å². The Bertz CT molecular complexity index is 343. The highest BCUT2D eigenvalue weighted by Crippen LogP contribution is 2.24.